The van der Waals surface area contributed by atoms with Crippen LogP contribution in [-0.4, -0.2) is 63.8 Å². The number of hydrogen-bond donors (Lipinski definition) is 3. The normalized spacial score (nSPS) is 13.8. The Kier molecular flexibility index (Phi) is 8.99. The van der Waals surface area contributed by atoms with E-state index in [4.69, 9.17) is 33.0 Å². The van der Waals surface area contributed by atoms with Gasteiger partial charge in [-0.25, -0.2) is 9.69 Å². The molecule has 4 rings (SSSR count). The molecule has 10 heteroatoms. The number of unbranched alkanes of at least 4 members (excludes halogenated alkanes) is 1. The van der Waals surface area contributed by atoms with Crippen molar-refractivity contribution < 1.29 is 19.7 Å². The third-order valence-corrected chi connectivity index (χ3v) is 6.15. The maximum atomic E-state index is 13.2. The lowest BCUT2D eigenvalue weighted by molar-refractivity contribution is 0.0124. The molecule has 0 atom stereocenters. The van der Waals surface area contributed by atoms with E-state index in [0.29, 0.717) is 66.1 Å². The average molecular weight is 529 g/mol. The molecule has 188 valence electrons. The molecule has 3 N–H and O–H groups in total. The van der Waals surface area contributed by atoms with Crippen molar-refractivity contribution in [2.24, 2.45) is 0 Å². The lowest BCUT2D eigenvalue weighted by atomic mass is 10.0. The first-order valence-electron chi connectivity index (χ1n) is 11.5. The van der Waals surface area contributed by atoms with Crippen LogP contribution in [0.5, 0.6) is 0 Å². The van der Waals surface area contributed by atoms with Gasteiger partial charge < -0.3 is 14.9 Å². The zero-order chi connectivity index (χ0) is 25.5. The molecule has 0 radical (unpaired) electrons. The number of nitrogens with one attached hydrogen (secondary N) is 1. The highest BCUT2D eigenvalue weighted by molar-refractivity contribution is 6.35. The summed E-state index contributed by atoms with van der Waals surface area (Å²) < 4.78 is 6.90. The predicted octanol–water partition coefficient (Wildman–Crippen LogP) is 3.44. The van der Waals surface area contributed by atoms with Crippen molar-refractivity contribution in [2.75, 3.05) is 32.9 Å². The molecule has 1 amide bonds. The standard InChI is InChI=1S/C26H26Cl2N4O4/c27-20-9-10-23(22(28)16-20)32-25(19-7-5-18(6-8-19)4-2-1-3-13-33)21(17-34)24(29-32)26(35)30-31-11-14-36-15-12-31/h5-10,16,33-34H,1,3,11-15,17H2,(H,30,35). The fourth-order valence-electron chi connectivity index (χ4n) is 3.82. The summed E-state index contributed by atoms with van der Waals surface area (Å²) in [5, 5.41) is 26.4. The number of benzene rings is 2. The molecule has 1 aliphatic rings. The van der Waals surface area contributed by atoms with Crippen molar-refractivity contribution in [1.29, 1.82) is 0 Å². The second kappa shape index (κ2) is 12.4. The van der Waals surface area contributed by atoms with Gasteiger partial charge in [-0.05, 0) is 36.8 Å². The molecular formula is C26H26Cl2N4O4. The SMILES string of the molecule is O=C(NN1CCOCC1)c1nn(-c2ccc(Cl)cc2Cl)c(-c2ccc(C#CCCCO)cc2)c1CO. The first-order chi connectivity index (χ1) is 17.5. The minimum atomic E-state index is -0.433. The molecule has 0 saturated carbocycles. The topological polar surface area (TPSA) is 99.9 Å². The predicted molar refractivity (Wildman–Crippen MR) is 138 cm³/mol. The molecule has 0 unspecified atom stereocenters. The third kappa shape index (κ3) is 6.08. The van der Waals surface area contributed by atoms with E-state index in [1.54, 1.807) is 27.9 Å². The number of morpholine rings is 1. The molecule has 2 aromatic carbocycles. The van der Waals surface area contributed by atoms with E-state index in [-0.39, 0.29) is 12.3 Å². The molecular weight excluding hydrogens is 503 g/mol. The number of ether oxygens (including phenoxy) is 1. The minimum absolute atomic E-state index is 0.0953. The number of aliphatic hydroxyl groups excluding tert-OH is 2. The van der Waals surface area contributed by atoms with Crippen molar-refractivity contribution >= 4 is 29.1 Å². The van der Waals surface area contributed by atoms with Gasteiger partial charge in [0.2, 0.25) is 0 Å². The maximum absolute atomic E-state index is 13.2. The van der Waals surface area contributed by atoms with E-state index in [9.17, 15) is 9.90 Å². The van der Waals surface area contributed by atoms with Gasteiger partial charge in [0.15, 0.2) is 5.69 Å². The number of rotatable bonds is 7. The molecule has 0 aliphatic carbocycles. The van der Waals surface area contributed by atoms with E-state index in [1.165, 1.54) is 0 Å². The first kappa shape index (κ1) is 26.2. The largest absolute Gasteiger partial charge is 0.396 e. The van der Waals surface area contributed by atoms with Crippen LogP contribution in [0.15, 0.2) is 42.5 Å². The molecule has 1 aliphatic heterocycles. The Balaban J connectivity index is 1.76. The van der Waals surface area contributed by atoms with Gasteiger partial charge in [0.1, 0.15) is 0 Å². The summed E-state index contributed by atoms with van der Waals surface area (Å²) in [5.74, 6) is 5.66. The first-order valence-corrected chi connectivity index (χ1v) is 12.3. The molecule has 2 heterocycles. The maximum Gasteiger partial charge on any atom is 0.286 e. The molecule has 0 spiro atoms. The summed E-state index contributed by atoms with van der Waals surface area (Å²) in [7, 11) is 0. The molecule has 1 saturated heterocycles. The number of carbonyl (C=O) groups excluding carboxylic acids is 1. The van der Waals surface area contributed by atoms with E-state index in [0.717, 1.165) is 11.1 Å². The van der Waals surface area contributed by atoms with Crippen LogP contribution in [0, 0.1) is 11.8 Å². The zero-order valence-corrected chi connectivity index (χ0v) is 21.0. The number of halogens is 2. The highest BCUT2D eigenvalue weighted by atomic mass is 35.5. The third-order valence-electron chi connectivity index (χ3n) is 5.62. The Bertz CT molecular complexity index is 1280. The van der Waals surface area contributed by atoms with Gasteiger partial charge >= 0.3 is 0 Å². The van der Waals surface area contributed by atoms with Crippen LogP contribution in [0.4, 0.5) is 0 Å². The van der Waals surface area contributed by atoms with Gasteiger partial charge in [-0.15, -0.1) is 0 Å². The van der Waals surface area contributed by atoms with Crippen LogP contribution in [0.1, 0.15) is 34.5 Å². The van der Waals surface area contributed by atoms with Crippen molar-refractivity contribution in [3.8, 4) is 28.8 Å². The van der Waals surface area contributed by atoms with Gasteiger partial charge in [0.05, 0.1) is 36.2 Å². The van der Waals surface area contributed by atoms with Crippen molar-refractivity contribution in [3.63, 3.8) is 0 Å². The Morgan fingerprint density at radius 1 is 1.11 bits per heavy atom. The van der Waals surface area contributed by atoms with Crippen LogP contribution >= 0.6 is 23.2 Å². The highest BCUT2D eigenvalue weighted by Gasteiger charge is 2.26. The lowest BCUT2D eigenvalue weighted by Gasteiger charge is -2.26. The van der Waals surface area contributed by atoms with Crippen LogP contribution < -0.4 is 5.43 Å². The fourth-order valence-corrected chi connectivity index (χ4v) is 4.31. The lowest BCUT2D eigenvalue weighted by Crippen LogP contribution is -2.48. The number of nitrogens with zero attached hydrogens (tertiary/aromatic N) is 3. The number of hydrogen-bond acceptors (Lipinski definition) is 6. The molecule has 1 fully saturated rings. The van der Waals surface area contributed by atoms with E-state index in [1.807, 2.05) is 24.3 Å². The summed E-state index contributed by atoms with van der Waals surface area (Å²) in [6.07, 6.45) is 1.23. The Morgan fingerprint density at radius 2 is 1.86 bits per heavy atom. The molecule has 0 bridgehead atoms. The second-order valence-corrected chi connectivity index (χ2v) is 8.93. The number of aromatic nitrogens is 2. The Labute approximate surface area is 219 Å². The number of amides is 1. The zero-order valence-electron chi connectivity index (χ0n) is 19.5. The van der Waals surface area contributed by atoms with Gasteiger partial charge in [-0.1, -0.05) is 47.2 Å². The minimum Gasteiger partial charge on any atom is -0.396 e. The van der Waals surface area contributed by atoms with Crippen LogP contribution in [-0.2, 0) is 11.3 Å². The fraction of sp³-hybridized carbons (Fsp3) is 0.308. The van der Waals surface area contributed by atoms with Crippen molar-refractivity contribution in [1.82, 2.24) is 20.2 Å². The average Bonchev–Trinajstić information content (AvgIpc) is 3.27. The molecule has 3 aromatic rings. The van der Waals surface area contributed by atoms with Crippen molar-refractivity contribution in [3.05, 3.63) is 69.3 Å². The number of carbonyl (C=O) groups is 1. The van der Waals surface area contributed by atoms with Crippen LogP contribution in [0.25, 0.3) is 16.9 Å². The second-order valence-electron chi connectivity index (χ2n) is 8.09. The monoisotopic (exact) mass is 528 g/mol. The molecule has 1 aromatic heterocycles. The van der Waals surface area contributed by atoms with Gasteiger partial charge in [0.25, 0.3) is 5.91 Å². The van der Waals surface area contributed by atoms with Crippen LogP contribution in [0.3, 0.4) is 0 Å². The smallest absolute Gasteiger partial charge is 0.286 e. The highest BCUT2D eigenvalue weighted by Crippen LogP contribution is 2.33. The van der Waals surface area contributed by atoms with E-state index < -0.39 is 12.5 Å². The number of hydrazine groups is 1. The van der Waals surface area contributed by atoms with Gasteiger partial charge in [0, 0.05) is 47.8 Å². The molecule has 36 heavy (non-hydrogen) atoms. The van der Waals surface area contributed by atoms with E-state index >= 15 is 0 Å². The summed E-state index contributed by atoms with van der Waals surface area (Å²) in [6, 6.07) is 12.4. The summed E-state index contributed by atoms with van der Waals surface area (Å²) >= 11 is 12.6. The quantitative estimate of drug-likeness (QED) is 0.321. The summed E-state index contributed by atoms with van der Waals surface area (Å²) in [4.78, 5) is 13.2. The van der Waals surface area contributed by atoms with Gasteiger partial charge in [-0.2, -0.15) is 5.10 Å². The van der Waals surface area contributed by atoms with Crippen molar-refractivity contribution in [2.45, 2.75) is 19.4 Å². The Hall–Kier alpha value is -2.90. The summed E-state index contributed by atoms with van der Waals surface area (Å²) in [6.45, 7) is 1.84. The summed E-state index contributed by atoms with van der Waals surface area (Å²) in [5.41, 5.74) is 5.91. The number of aliphatic hydroxyl groups is 2. The van der Waals surface area contributed by atoms with Crippen LogP contribution in [0.2, 0.25) is 10.0 Å². The van der Waals surface area contributed by atoms with Gasteiger partial charge in [-0.3, -0.25) is 10.2 Å². The van der Waals surface area contributed by atoms with E-state index in [2.05, 4.69) is 22.4 Å². The Morgan fingerprint density at radius 3 is 2.53 bits per heavy atom. The molecule has 8 nitrogen and oxygen atoms in total.